The molecule has 0 saturated carbocycles. The number of halogens is 1. The maximum absolute atomic E-state index is 13.6. The molecular weight excluding hydrogens is 379 g/mol. The fraction of sp³-hybridized carbons (Fsp3) is 0.167. The van der Waals surface area contributed by atoms with Crippen molar-refractivity contribution in [2.24, 2.45) is 0 Å². The molecule has 0 saturated heterocycles. The van der Waals surface area contributed by atoms with Crippen LogP contribution in [0.1, 0.15) is 22.0 Å². The molecule has 1 atom stereocenters. The van der Waals surface area contributed by atoms with Crippen molar-refractivity contribution in [1.82, 2.24) is 19.8 Å². The van der Waals surface area contributed by atoms with E-state index in [-0.39, 0.29) is 17.8 Å². The summed E-state index contributed by atoms with van der Waals surface area (Å²) < 4.78 is 15.6. The van der Waals surface area contributed by atoms with Gasteiger partial charge in [-0.1, -0.05) is 24.3 Å². The van der Waals surface area contributed by atoms with Gasteiger partial charge in [0.1, 0.15) is 12.1 Å². The molecule has 4 rings (SSSR count). The van der Waals surface area contributed by atoms with Crippen LogP contribution < -0.4 is 5.32 Å². The monoisotopic (exact) mass is 402 g/mol. The number of aromatic nitrogens is 2. The molecule has 0 spiro atoms. The van der Waals surface area contributed by atoms with Crippen molar-refractivity contribution in [2.45, 2.75) is 6.04 Å². The molecule has 3 aromatic carbocycles. The molecule has 1 unspecified atom stereocenters. The van der Waals surface area contributed by atoms with Crippen LogP contribution in [0.2, 0.25) is 0 Å². The number of nitrogens with one attached hydrogen (secondary N) is 1. The quantitative estimate of drug-likeness (QED) is 0.526. The van der Waals surface area contributed by atoms with Crippen LogP contribution in [0.15, 0.2) is 79.1 Å². The average molecular weight is 402 g/mol. The van der Waals surface area contributed by atoms with Gasteiger partial charge >= 0.3 is 0 Å². The van der Waals surface area contributed by atoms with Gasteiger partial charge in [0.2, 0.25) is 0 Å². The van der Waals surface area contributed by atoms with Gasteiger partial charge in [-0.25, -0.2) is 9.37 Å². The molecule has 0 aliphatic heterocycles. The molecule has 0 bridgehead atoms. The van der Waals surface area contributed by atoms with Crippen molar-refractivity contribution in [3.8, 4) is 5.69 Å². The molecule has 1 N–H and O–H groups in total. The van der Waals surface area contributed by atoms with Crippen LogP contribution in [-0.2, 0) is 0 Å². The predicted molar refractivity (Wildman–Crippen MR) is 116 cm³/mol. The Morgan fingerprint density at radius 1 is 1.07 bits per heavy atom. The minimum atomic E-state index is -0.284. The summed E-state index contributed by atoms with van der Waals surface area (Å²) in [6.45, 7) is 0.378. The van der Waals surface area contributed by atoms with Crippen molar-refractivity contribution < 1.29 is 9.18 Å². The summed E-state index contributed by atoms with van der Waals surface area (Å²) in [6.07, 6.45) is 1.78. The summed E-state index contributed by atoms with van der Waals surface area (Å²) in [5.41, 5.74) is 4.26. The zero-order valence-electron chi connectivity index (χ0n) is 16.9. The molecule has 4 aromatic rings. The highest BCUT2D eigenvalue weighted by Crippen LogP contribution is 2.20. The Morgan fingerprint density at radius 2 is 1.83 bits per heavy atom. The molecule has 1 heterocycles. The maximum atomic E-state index is 13.6. The van der Waals surface area contributed by atoms with Crippen molar-refractivity contribution in [3.63, 3.8) is 0 Å². The van der Waals surface area contributed by atoms with E-state index in [1.807, 2.05) is 66.0 Å². The van der Waals surface area contributed by atoms with E-state index in [9.17, 15) is 9.18 Å². The SMILES string of the molecule is CN(C)C(CNC(=O)c1ccc(-n2cnc3ccccc32)cc1)c1cccc(F)c1. The number of benzene rings is 3. The second-order valence-electron chi connectivity index (χ2n) is 7.39. The first-order valence-corrected chi connectivity index (χ1v) is 9.75. The minimum Gasteiger partial charge on any atom is -0.350 e. The number of carbonyl (C=O) groups is 1. The van der Waals surface area contributed by atoms with Gasteiger partial charge in [-0.05, 0) is 68.2 Å². The molecule has 30 heavy (non-hydrogen) atoms. The summed E-state index contributed by atoms with van der Waals surface area (Å²) in [5.74, 6) is -0.450. The van der Waals surface area contributed by atoms with E-state index < -0.39 is 0 Å². The normalized spacial score (nSPS) is 12.3. The lowest BCUT2D eigenvalue weighted by molar-refractivity contribution is 0.0942. The van der Waals surface area contributed by atoms with Crippen LogP contribution in [-0.4, -0.2) is 41.0 Å². The van der Waals surface area contributed by atoms with Crippen LogP contribution in [0.25, 0.3) is 16.7 Å². The van der Waals surface area contributed by atoms with Crippen LogP contribution in [0.5, 0.6) is 0 Å². The van der Waals surface area contributed by atoms with E-state index in [0.717, 1.165) is 22.3 Å². The number of hydrogen-bond donors (Lipinski definition) is 1. The third-order valence-electron chi connectivity index (χ3n) is 5.17. The number of likely N-dealkylation sites (N-methyl/N-ethyl adjacent to an activating group) is 1. The molecule has 0 aliphatic rings. The summed E-state index contributed by atoms with van der Waals surface area (Å²) in [7, 11) is 3.82. The first kappa shape index (κ1) is 19.8. The second-order valence-corrected chi connectivity index (χ2v) is 7.39. The molecule has 6 heteroatoms. The van der Waals surface area contributed by atoms with E-state index in [4.69, 9.17) is 0 Å². The molecule has 0 fully saturated rings. The number of imidazole rings is 1. The van der Waals surface area contributed by atoms with Crippen LogP contribution in [0.3, 0.4) is 0 Å². The molecule has 1 amide bonds. The van der Waals surface area contributed by atoms with E-state index in [2.05, 4.69) is 10.3 Å². The molecule has 0 aliphatic carbocycles. The molecule has 1 aromatic heterocycles. The van der Waals surface area contributed by atoms with Crippen molar-refractivity contribution in [2.75, 3.05) is 20.6 Å². The second kappa shape index (κ2) is 8.47. The zero-order valence-corrected chi connectivity index (χ0v) is 16.9. The van der Waals surface area contributed by atoms with Gasteiger partial charge in [-0.2, -0.15) is 0 Å². The maximum Gasteiger partial charge on any atom is 0.251 e. The highest BCUT2D eigenvalue weighted by Gasteiger charge is 2.16. The standard InChI is InChI=1S/C24H23FN4O/c1-28(2)23(18-6-5-7-19(25)14-18)15-26-24(30)17-10-12-20(13-11-17)29-16-27-21-8-3-4-9-22(21)29/h3-14,16,23H,15H2,1-2H3,(H,26,30). The highest BCUT2D eigenvalue weighted by atomic mass is 19.1. The van der Waals surface area contributed by atoms with Gasteiger partial charge in [-0.15, -0.1) is 0 Å². The first-order valence-electron chi connectivity index (χ1n) is 9.75. The number of nitrogens with zero attached hydrogens (tertiary/aromatic N) is 3. The number of fused-ring (bicyclic) bond motifs is 1. The van der Waals surface area contributed by atoms with Gasteiger partial charge in [0.25, 0.3) is 5.91 Å². The number of carbonyl (C=O) groups excluding carboxylic acids is 1. The number of hydrogen-bond acceptors (Lipinski definition) is 3. The lowest BCUT2D eigenvalue weighted by Crippen LogP contribution is -2.34. The third kappa shape index (κ3) is 4.09. The minimum absolute atomic E-state index is 0.124. The number of para-hydroxylation sites is 2. The summed E-state index contributed by atoms with van der Waals surface area (Å²) in [5, 5.41) is 2.96. The summed E-state index contributed by atoms with van der Waals surface area (Å²) in [4.78, 5) is 19.0. The summed E-state index contributed by atoms with van der Waals surface area (Å²) >= 11 is 0. The Kier molecular flexibility index (Phi) is 5.59. The Bertz CT molecular complexity index is 1170. The Hall–Kier alpha value is -3.51. The van der Waals surface area contributed by atoms with E-state index in [0.29, 0.717) is 12.1 Å². The fourth-order valence-corrected chi connectivity index (χ4v) is 3.54. The first-order chi connectivity index (χ1) is 14.5. The smallest absolute Gasteiger partial charge is 0.251 e. The molecule has 152 valence electrons. The topological polar surface area (TPSA) is 50.2 Å². The number of rotatable bonds is 6. The van der Waals surface area contributed by atoms with Gasteiger partial charge in [0.15, 0.2) is 0 Å². The summed E-state index contributed by atoms with van der Waals surface area (Å²) in [6, 6.07) is 21.6. The van der Waals surface area contributed by atoms with Crippen molar-refractivity contribution in [1.29, 1.82) is 0 Å². The number of amides is 1. The molecule has 5 nitrogen and oxygen atoms in total. The average Bonchev–Trinajstić information content (AvgIpc) is 3.18. The Morgan fingerprint density at radius 3 is 2.57 bits per heavy atom. The Labute approximate surface area is 174 Å². The van der Waals surface area contributed by atoms with Gasteiger partial charge in [-0.3, -0.25) is 9.36 Å². The van der Waals surface area contributed by atoms with E-state index in [1.165, 1.54) is 12.1 Å². The fourth-order valence-electron chi connectivity index (χ4n) is 3.54. The van der Waals surface area contributed by atoms with Crippen molar-refractivity contribution in [3.05, 3.63) is 96.1 Å². The molecule has 0 radical (unpaired) electrons. The van der Waals surface area contributed by atoms with Crippen LogP contribution in [0.4, 0.5) is 4.39 Å². The van der Waals surface area contributed by atoms with E-state index >= 15 is 0 Å². The Balaban J connectivity index is 1.47. The zero-order chi connectivity index (χ0) is 21.1. The van der Waals surface area contributed by atoms with Crippen LogP contribution in [0, 0.1) is 5.82 Å². The van der Waals surface area contributed by atoms with Crippen LogP contribution >= 0.6 is 0 Å². The van der Waals surface area contributed by atoms with Crippen molar-refractivity contribution >= 4 is 16.9 Å². The van der Waals surface area contributed by atoms with E-state index in [1.54, 1.807) is 24.5 Å². The predicted octanol–water partition coefficient (Wildman–Crippen LogP) is 4.20. The lowest BCUT2D eigenvalue weighted by Gasteiger charge is -2.25. The van der Waals surface area contributed by atoms with Gasteiger partial charge in [0.05, 0.1) is 17.1 Å². The third-order valence-corrected chi connectivity index (χ3v) is 5.17. The largest absolute Gasteiger partial charge is 0.350 e. The highest BCUT2D eigenvalue weighted by molar-refractivity contribution is 5.94. The van der Waals surface area contributed by atoms with Gasteiger partial charge in [0, 0.05) is 17.8 Å². The lowest BCUT2D eigenvalue weighted by atomic mass is 10.1. The van der Waals surface area contributed by atoms with Gasteiger partial charge < -0.3 is 10.2 Å². The molecular formula is C24H23FN4O.